The summed E-state index contributed by atoms with van der Waals surface area (Å²) in [5, 5.41) is 12.0. The van der Waals surface area contributed by atoms with E-state index in [0.29, 0.717) is 18.8 Å². The molecule has 0 atom stereocenters. The highest BCUT2D eigenvalue weighted by Crippen LogP contribution is 2.11. The molecule has 0 unspecified atom stereocenters. The topological polar surface area (TPSA) is 82.8 Å². The number of hydrogen-bond donors (Lipinski definition) is 1. The van der Waals surface area contributed by atoms with Crippen molar-refractivity contribution in [3.05, 3.63) is 24.0 Å². The van der Waals surface area contributed by atoms with E-state index >= 15 is 0 Å². The fourth-order valence-corrected chi connectivity index (χ4v) is 1.46. The van der Waals surface area contributed by atoms with Crippen molar-refractivity contribution >= 4 is 0 Å². The average Bonchev–Trinajstić information content (AvgIpc) is 2.85. The number of aryl methyl sites for hydroxylation is 1. The van der Waals surface area contributed by atoms with Crippen LogP contribution in [0.2, 0.25) is 0 Å². The summed E-state index contributed by atoms with van der Waals surface area (Å²) in [6.07, 6.45) is 3.01. The lowest BCUT2D eigenvalue weighted by atomic mass is 10.3. The zero-order valence-electron chi connectivity index (χ0n) is 8.55. The smallest absolute Gasteiger partial charge is 0.182 e. The molecule has 0 radical (unpaired) electrons. The van der Waals surface area contributed by atoms with Gasteiger partial charge in [0.15, 0.2) is 5.82 Å². The van der Waals surface area contributed by atoms with Crippen LogP contribution < -0.4 is 5.73 Å². The van der Waals surface area contributed by atoms with Crippen LogP contribution in [0.4, 0.5) is 0 Å². The lowest BCUT2D eigenvalue weighted by Gasteiger charge is -2.03. The van der Waals surface area contributed by atoms with Crippen LogP contribution in [-0.4, -0.2) is 26.5 Å². The van der Waals surface area contributed by atoms with E-state index in [-0.39, 0.29) is 0 Å². The summed E-state index contributed by atoms with van der Waals surface area (Å²) < 4.78 is 6.70. The molecule has 0 spiro atoms. The predicted molar refractivity (Wildman–Crippen MR) is 53.6 cm³/mol. The summed E-state index contributed by atoms with van der Waals surface area (Å²) in [5.74, 6) is 2.40. The van der Waals surface area contributed by atoms with E-state index < -0.39 is 0 Å². The fraction of sp³-hybridized carbons (Fsp3) is 0.444. The highest BCUT2D eigenvalue weighted by atomic mass is 16.5. The molecular weight excluding hydrogens is 194 g/mol. The Hall–Kier alpha value is -1.69. The second-order valence-electron chi connectivity index (χ2n) is 3.12. The van der Waals surface area contributed by atoms with Crippen molar-refractivity contribution in [1.29, 1.82) is 0 Å². The molecule has 0 saturated carbocycles. The number of hydrogen-bond acceptors (Lipinski definition) is 5. The Morgan fingerprint density at radius 1 is 1.40 bits per heavy atom. The van der Waals surface area contributed by atoms with Crippen LogP contribution in [0.1, 0.15) is 18.6 Å². The first kappa shape index (κ1) is 9.85. The maximum Gasteiger partial charge on any atom is 0.182 e. The third kappa shape index (κ3) is 1.75. The van der Waals surface area contributed by atoms with Crippen molar-refractivity contribution in [3.63, 3.8) is 0 Å². The summed E-state index contributed by atoms with van der Waals surface area (Å²) >= 11 is 0. The number of aromatic nitrogens is 4. The molecule has 2 aromatic heterocycles. The maximum atomic E-state index is 5.51. The molecular formula is C9H13N5O. The minimum Gasteiger partial charge on any atom is -0.363 e. The van der Waals surface area contributed by atoms with Gasteiger partial charge >= 0.3 is 0 Å². The highest BCUT2D eigenvalue weighted by Gasteiger charge is 2.13. The molecule has 0 aliphatic rings. The summed E-state index contributed by atoms with van der Waals surface area (Å²) in [6, 6.07) is 1.78. The van der Waals surface area contributed by atoms with Gasteiger partial charge in [0.05, 0.1) is 0 Å². The lowest BCUT2D eigenvalue weighted by molar-refractivity contribution is 0.415. The highest BCUT2D eigenvalue weighted by molar-refractivity contribution is 5.23. The number of nitrogens with zero attached hydrogens (tertiary/aromatic N) is 4. The van der Waals surface area contributed by atoms with Crippen LogP contribution in [0, 0.1) is 0 Å². The predicted octanol–water partition coefficient (Wildman–Crippen LogP) is 0.319. The fourth-order valence-electron chi connectivity index (χ4n) is 1.46. The second-order valence-corrected chi connectivity index (χ2v) is 3.12. The summed E-state index contributed by atoms with van der Waals surface area (Å²) in [7, 11) is 0. The third-order valence-corrected chi connectivity index (χ3v) is 2.13. The standard InChI is InChI=1S/C9H13N5O/c1-2-7-11-12-8(3-5-10)14(7)9-4-6-15-13-9/h4,6H,2-3,5,10H2,1H3. The van der Waals surface area contributed by atoms with E-state index in [1.165, 1.54) is 6.26 Å². The average molecular weight is 207 g/mol. The summed E-state index contributed by atoms with van der Waals surface area (Å²) in [6.45, 7) is 2.56. The van der Waals surface area contributed by atoms with Crippen molar-refractivity contribution in [2.24, 2.45) is 5.73 Å². The Morgan fingerprint density at radius 3 is 2.80 bits per heavy atom. The first-order valence-corrected chi connectivity index (χ1v) is 4.90. The largest absolute Gasteiger partial charge is 0.363 e. The maximum absolute atomic E-state index is 5.51. The Labute approximate surface area is 87.1 Å². The first-order valence-electron chi connectivity index (χ1n) is 4.90. The second kappa shape index (κ2) is 4.22. The molecule has 2 N–H and O–H groups in total. The van der Waals surface area contributed by atoms with Gasteiger partial charge in [0, 0.05) is 18.9 Å². The van der Waals surface area contributed by atoms with Gasteiger partial charge in [-0.05, 0) is 6.54 Å². The van der Waals surface area contributed by atoms with E-state index in [0.717, 1.165) is 18.1 Å². The minimum absolute atomic E-state index is 0.541. The van der Waals surface area contributed by atoms with Gasteiger partial charge in [0.2, 0.25) is 0 Å². The molecule has 0 bridgehead atoms. The normalized spacial score (nSPS) is 10.8. The van der Waals surface area contributed by atoms with E-state index in [1.807, 2.05) is 11.5 Å². The van der Waals surface area contributed by atoms with E-state index in [1.54, 1.807) is 6.07 Å². The quantitative estimate of drug-likeness (QED) is 0.780. The van der Waals surface area contributed by atoms with Crippen LogP contribution in [0.25, 0.3) is 5.82 Å². The van der Waals surface area contributed by atoms with Crippen LogP contribution in [-0.2, 0) is 12.8 Å². The molecule has 0 aromatic carbocycles. The molecule has 0 saturated heterocycles. The van der Waals surface area contributed by atoms with Crippen molar-refractivity contribution in [3.8, 4) is 5.82 Å². The van der Waals surface area contributed by atoms with Crippen molar-refractivity contribution in [1.82, 2.24) is 19.9 Å². The molecule has 2 rings (SSSR count). The summed E-state index contributed by atoms with van der Waals surface area (Å²) in [4.78, 5) is 0. The van der Waals surface area contributed by atoms with Gasteiger partial charge in [-0.2, -0.15) is 0 Å². The van der Waals surface area contributed by atoms with Gasteiger partial charge < -0.3 is 10.3 Å². The Balaban J connectivity index is 2.46. The Bertz CT molecular complexity index is 420. The van der Waals surface area contributed by atoms with Gasteiger partial charge in [-0.1, -0.05) is 12.1 Å². The molecule has 0 amide bonds. The van der Waals surface area contributed by atoms with Gasteiger partial charge in [0.1, 0.15) is 17.9 Å². The monoisotopic (exact) mass is 207 g/mol. The van der Waals surface area contributed by atoms with Crippen LogP contribution in [0.3, 0.4) is 0 Å². The Kier molecular flexibility index (Phi) is 2.77. The third-order valence-electron chi connectivity index (χ3n) is 2.13. The number of rotatable bonds is 4. The van der Waals surface area contributed by atoms with Crippen LogP contribution >= 0.6 is 0 Å². The first-order chi connectivity index (χ1) is 7.36. The molecule has 0 aliphatic carbocycles. The van der Waals surface area contributed by atoms with Crippen molar-refractivity contribution in [2.45, 2.75) is 19.8 Å². The molecule has 0 aliphatic heterocycles. The van der Waals surface area contributed by atoms with E-state index in [9.17, 15) is 0 Å². The molecule has 80 valence electrons. The molecule has 2 heterocycles. The zero-order valence-corrected chi connectivity index (χ0v) is 8.55. The number of nitrogens with two attached hydrogens (primary N) is 1. The van der Waals surface area contributed by atoms with Gasteiger partial charge in [-0.25, -0.2) is 0 Å². The minimum atomic E-state index is 0.541. The van der Waals surface area contributed by atoms with Crippen LogP contribution in [0.5, 0.6) is 0 Å². The molecule has 15 heavy (non-hydrogen) atoms. The van der Waals surface area contributed by atoms with Crippen molar-refractivity contribution in [2.75, 3.05) is 6.54 Å². The summed E-state index contributed by atoms with van der Waals surface area (Å²) in [5.41, 5.74) is 5.51. The molecule has 6 heteroatoms. The molecule has 6 nitrogen and oxygen atoms in total. The molecule has 0 fully saturated rings. The van der Waals surface area contributed by atoms with Crippen molar-refractivity contribution < 1.29 is 4.52 Å². The molecule has 2 aromatic rings. The van der Waals surface area contributed by atoms with Gasteiger partial charge in [0.25, 0.3) is 0 Å². The van der Waals surface area contributed by atoms with Crippen LogP contribution in [0.15, 0.2) is 16.9 Å². The zero-order chi connectivity index (χ0) is 10.7. The lowest BCUT2D eigenvalue weighted by Crippen LogP contribution is -2.10. The van der Waals surface area contributed by atoms with Gasteiger partial charge in [-0.3, -0.25) is 4.57 Å². The van der Waals surface area contributed by atoms with Gasteiger partial charge in [-0.15, -0.1) is 10.2 Å². The van der Waals surface area contributed by atoms with E-state index in [4.69, 9.17) is 10.3 Å². The van der Waals surface area contributed by atoms with E-state index in [2.05, 4.69) is 15.4 Å². The SMILES string of the molecule is CCc1nnc(CCN)n1-c1ccon1. The Morgan fingerprint density at radius 2 is 2.20 bits per heavy atom.